The van der Waals surface area contributed by atoms with Gasteiger partial charge in [-0.2, -0.15) is 11.8 Å². The van der Waals surface area contributed by atoms with Crippen molar-refractivity contribution in [2.24, 2.45) is 0 Å². The summed E-state index contributed by atoms with van der Waals surface area (Å²) in [5.74, 6) is 1.21. The van der Waals surface area contributed by atoms with E-state index in [9.17, 15) is 13.2 Å². The fourth-order valence-corrected chi connectivity index (χ4v) is 5.41. The molecule has 0 unspecified atom stereocenters. The lowest BCUT2D eigenvalue weighted by Crippen LogP contribution is -2.41. The number of amides is 1. The fraction of sp³-hybridized carbons (Fsp3) is 0.208. The van der Waals surface area contributed by atoms with Gasteiger partial charge in [-0.3, -0.25) is 9.10 Å². The highest BCUT2D eigenvalue weighted by atomic mass is 35.5. The number of benzene rings is 3. The number of carbonyl (C=O) groups is 1. The number of hydrogen-bond donors (Lipinski definition) is 1. The highest BCUT2D eigenvalue weighted by molar-refractivity contribution is 7.98. The van der Waals surface area contributed by atoms with Gasteiger partial charge in [-0.1, -0.05) is 66.2 Å². The number of aryl methyl sites for hydroxylation is 1. The molecule has 8 heteroatoms. The van der Waals surface area contributed by atoms with Crippen LogP contribution in [0.1, 0.15) is 11.1 Å². The van der Waals surface area contributed by atoms with E-state index in [-0.39, 0.29) is 17.3 Å². The number of sulfonamides is 1. The van der Waals surface area contributed by atoms with Gasteiger partial charge in [-0.05, 0) is 42.3 Å². The van der Waals surface area contributed by atoms with E-state index in [1.807, 2.05) is 25.1 Å². The van der Waals surface area contributed by atoms with E-state index in [0.29, 0.717) is 17.3 Å². The third kappa shape index (κ3) is 6.51. The first-order chi connectivity index (χ1) is 15.4. The van der Waals surface area contributed by atoms with Crippen LogP contribution in [0, 0.1) is 6.92 Å². The Kier molecular flexibility index (Phi) is 8.61. The topological polar surface area (TPSA) is 66.5 Å². The lowest BCUT2D eigenvalue weighted by Gasteiger charge is -2.24. The number of nitrogens with zero attached hydrogens (tertiary/aromatic N) is 1. The van der Waals surface area contributed by atoms with Crippen molar-refractivity contribution >= 4 is 45.0 Å². The summed E-state index contributed by atoms with van der Waals surface area (Å²) in [4.78, 5) is 12.7. The molecule has 0 heterocycles. The van der Waals surface area contributed by atoms with Gasteiger partial charge in [0, 0.05) is 23.1 Å². The van der Waals surface area contributed by atoms with Crippen molar-refractivity contribution in [3.8, 4) is 0 Å². The van der Waals surface area contributed by atoms with E-state index in [1.54, 1.807) is 48.2 Å². The van der Waals surface area contributed by atoms with Crippen LogP contribution >= 0.6 is 23.4 Å². The van der Waals surface area contributed by atoms with E-state index in [1.165, 1.54) is 17.7 Å². The predicted molar refractivity (Wildman–Crippen MR) is 133 cm³/mol. The molecule has 3 aromatic carbocycles. The number of anilines is 1. The van der Waals surface area contributed by atoms with Gasteiger partial charge < -0.3 is 5.32 Å². The van der Waals surface area contributed by atoms with Crippen molar-refractivity contribution in [2.75, 3.05) is 23.1 Å². The van der Waals surface area contributed by atoms with Crippen LogP contribution < -0.4 is 9.62 Å². The van der Waals surface area contributed by atoms with Crippen LogP contribution in [0.15, 0.2) is 83.8 Å². The van der Waals surface area contributed by atoms with Gasteiger partial charge >= 0.3 is 0 Å². The lowest BCUT2D eigenvalue weighted by atomic mass is 10.2. The second-order valence-electron chi connectivity index (χ2n) is 7.15. The molecular formula is C24H25ClN2O3S2. The quantitative estimate of drug-likeness (QED) is 0.412. The lowest BCUT2D eigenvalue weighted by molar-refractivity contribution is -0.119. The molecule has 1 amide bonds. The molecule has 0 aliphatic carbocycles. The Bertz CT molecular complexity index is 1140. The van der Waals surface area contributed by atoms with Crippen molar-refractivity contribution in [1.29, 1.82) is 0 Å². The fourth-order valence-electron chi connectivity index (χ4n) is 2.98. The molecule has 0 saturated carbocycles. The van der Waals surface area contributed by atoms with Gasteiger partial charge in [0.05, 0.1) is 10.6 Å². The minimum absolute atomic E-state index is 0.114. The number of thioether (sulfide) groups is 1. The summed E-state index contributed by atoms with van der Waals surface area (Å²) in [7, 11) is -3.94. The molecule has 1 N–H and O–H groups in total. The smallest absolute Gasteiger partial charge is 0.264 e. The van der Waals surface area contributed by atoms with Crippen molar-refractivity contribution in [1.82, 2.24) is 5.32 Å². The molecule has 0 aliphatic rings. The molecule has 0 aliphatic heterocycles. The van der Waals surface area contributed by atoms with Crippen LogP contribution in [0.3, 0.4) is 0 Å². The Morgan fingerprint density at radius 2 is 1.66 bits per heavy atom. The SMILES string of the molecule is Cc1ccc(N(CC(=O)NCCSCc2ccccc2)S(=O)(=O)c2ccccc2)cc1Cl. The van der Waals surface area contributed by atoms with Crippen molar-refractivity contribution < 1.29 is 13.2 Å². The normalized spacial score (nSPS) is 11.2. The van der Waals surface area contributed by atoms with Crippen LogP contribution in [-0.2, 0) is 20.6 Å². The van der Waals surface area contributed by atoms with Crippen LogP contribution in [0.4, 0.5) is 5.69 Å². The molecule has 168 valence electrons. The molecule has 0 aromatic heterocycles. The van der Waals surface area contributed by atoms with E-state index >= 15 is 0 Å². The van der Waals surface area contributed by atoms with Crippen LogP contribution in [-0.4, -0.2) is 33.2 Å². The summed E-state index contributed by atoms with van der Waals surface area (Å²) < 4.78 is 27.7. The molecule has 32 heavy (non-hydrogen) atoms. The van der Waals surface area contributed by atoms with Crippen LogP contribution in [0.25, 0.3) is 0 Å². The third-order valence-corrected chi connectivity index (χ3v) is 7.97. The Balaban J connectivity index is 1.67. The molecule has 3 rings (SSSR count). The molecule has 0 spiro atoms. The van der Waals surface area contributed by atoms with Crippen molar-refractivity contribution in [3.05, 3.63) is 95.0 Å². The summed E-state index contributed by atoms with van der Waals surface area (Å²) in [5, 5.41) is 3.26. The van der Waals surface area contributed by atoms with Gasteiger partial charge in [0.2, 0.25) is 5.91 Å². The Hall–Kier alpha value is -2.48. The number of nitrogens with one attached hydrogen (secondary N) is 1. The minimum atomic E-state index is -3.94. The van der Waals surface area contributed by atoms with Crippen LogP contribution in [0.2, 0.25) is 5.02 Å². The highest BCUT2D eigenvalue weighted by Crippen LogP contribution is 2.27. The maximum absolute atomic E-state index is 13.3. The maximum Gasteiger partial charge on any atom is 0.264 e. The van der Waals surface area contributed by atoms with Crippen LogP contribution in [0.5, 0.6) is 0 Å². The van der Waals surface area contributed by atoms with Gasteiger partial charge in [0.1, 0.15) is 6.54 Å². The largest absolute Gasteiger partial charge is 0.354 e. The average molecular weight is 489 g/mol. The molecule has 0 fully saturated rings. The Labute approximate surface area is 198 Å². The molecule has 3 aromatic rings. The van der Waals surface area contributed by atoms with Crippen molar-refractivity contribution in [2.45, 2.75) is 17.6 Å². The Morgan fingerprint density at radius 3 is 2.31 bits per heavy atom. The van der Waals surface area contributed by atoms with Gasteiger partial charge in [-0.15, -0.1) is 0 Å². The molecule has 0 atom stereocenters. The molecule has 0 bridgehead atoms. The summed E-state index contributed by atoms with van der Waals surface area (Å²) in [5.41, 5.74) is 2.39. The van der Waals surface area contributed by atoms with Gasteiger partial charge in [0.15, 0.2) is 0 Å². The molecule has 0 radical (unpaired) electrons. The van der Waals surface area contributed by atoms with Crippen molar-refractivity contribution in [3.63, 3.8) is 0 Å². The van der Waals surface area contributed by atoms with E-state index in [2.05, 4.69) is 17.4 Å². The number of hydrogen-bond acceptors (Lipinski definition) is 4. The average Bonchev–Trinajstić information content (AvgIpc) is 2.80. The zero-order chi connectivity index (χ0) is 23.0. The summed E-state index contributed by atoms with van der Waals surface area (Å²) in [6, 6.07) is 23.1. The zero-order valence-electron chi connectivity index (χ0n) is 17.7. The second kappa shape index (κ2) is 11.4. The first-order valence-corrected chi connectivity index (χ1v) is 13.1. The summed E-state index contributed by atoms with van der Waals surface area (Å²) in [6.07, 6.45) is 0. The molecule has 0 saturated heterocycles. The minimum Gasteiger partial charge on any atom is -0.354 e. The highest BCUT2D eigenvalue weighted by Gasteiger charge is 2.27. The zero-order valence-corrected chi connectivity index (χ0v) is 20.1. The van der Waals surface area contributed by atoms with E-state index in [4.69, 9.17) is 11.6 Å². The second-order valence-corrected chi connectivity index (χ2v) is 10.5. The predicted octanol–water partition coefficient (Wildman–Crippen LogP) is 4.89. The summed E-state index contributed by atoms with van der Waals surface area (Å²) in [6.45, 7) is 1.95. The Morgan fingerprint density at radius 1 is 1.00 bits per heavy atom. The first-order valence-electron chi connectivity index (χ1n) is 10.1. The molecular weight excluding hydrogens is 464 g/mol. The standard InChI is InChI=1S/C24H25ClN2O3S2/c1-19-12-13-21(16-23(19)25)27(32(29,30)22-10-6-3-7-11-22)17-24(28)26-14-15-31-18-20-8-4-2-5-9-20/h2-13,16H,14-15,17-18H2,1H3,(H,26,28). The maximum atomic E-state index is 13.3. The monoisotopic (exact) mass is 488 g/mol. The summed E-state index contributed by atoms with van der Waals surface area (Å²) >= 11 is 7.94. The van der Waals surface area contributed by atoms with Gasteiger partial charge in [0.25, 0.3) is 10.0 Å². The first kappa shape index (κ1) is 24.2. The van der Waals surface area contributed by atoms with Gasteiger partial charge in [-0.25, -0.2) is 8.42 Å². The van der Waals surface area contributed by atoms with E-state index < -0.39 is 10.0 Å². The number of carbonyl (C=O) groups excluding carboxylic acids is 1. The number of halogens is 1. The third-order valence-electron chi connectivity index (χ3n) is 4.74. The number of rotatable bonds is 10. The molecule has 5 nitrogen and oxygen atoms in total. The van der Waals surface area contributed by atoms with E-state index in [0.717, 1.165) is 21.4 Å².